The van der Waals surface area contributed by atoms with Crippen molar-refractivity contribution in [1.29, 1.82) is 0 Å². The average molecular weight is 506 g/mol. The normalized spacial score (nSPS) is 16.4. The highest BCUT2D eigenvalue weighted by molar-refractivity contribution is 7.90. The van der Waals surface area contributed by atoms with E-state index < -0.39 is 10.0 Å². The Morgan fingerprint density at radius 1 is 1.00 bits per heavy atom. The molecule has 0 aliphatic carbocycles. The van der Waals surface area contributed by atoms with E-state index in [1.807, 2.05) is 54.6 Å². The molecule has 0 radical (unpaired) electrons. The van der Waals surface area contributed by atoms with E-state index in [0.29, 0.717) is 17.4 Å². The first-order chi connectivity index (χ1) is 16.9. The van der Waals surface area contributed by atoms with Crippen LogP contribution in [-0.4, -0.2) is 52.1 Å². The third-order valence-corrected chi connectivity index (χ3v) is 7.26. The molecule has 0 bridgehead atoms. The van der Waals surface area contributed by atoms with Gasteiger partial charge in [-0.15, -0.1) is 14.6 Å². The lowest BCUT2D eigenvalue weighted by Crippen LogP contribution is -2.24. The van der Waals surface area contributed by atoms with Crippen molar-refractivity contribution in [2.24, 2.45) is 9.50 Å². The molecule has 3 aromatic carbocycles. The van der Waals surface area contributed by atoms with Crippen molar-refractivity contribution >= 4 is 33.2 Å². The lowest BCUT2D eigenvalue weighted by atomic mass is 9.90. The summed E-state index contributed by atoms with van der Waals surface area (Å²) in [5.41, 5.74) is 3.61. The van der Waals surface area contributed by atoms with Crippen LogP contribution in [0, 0.1) is 0 Å². The van der Waals surface area contributed by atoms with E-state index in [4.69, 9.17) is 16.7 Å². The molecule has 1 aliphatic rings. The van der Waals surface area contributed by atoms with Crippen LogP contribution in [0.5, 0.6) is 0 Å². The van der Waals surface area contributed by atoms with Crippen LogP contribution in [0.3, 0.4) is 0 Å². The molecule has 11 heteroatoms. The van der Waals surface area contributed by atoms with Gasteiger partial charge in [0.15, 0.2) is 0 Å². The molecule has 1 atom stereocenters. The van der Waals surface area contributed by atoms with Crippen LogP contribution >= 0.6 is 11.6 Å². The molecule has 1 N–H and O–H groups in total. The van der Waals surface area contributed by atoms with Gasteiger partial charge in [0.1, 0.15) is 5.84 Å². The van der Waals surface area contributed by atoms with Gasteiger partial charge in [-0.3, -0.25) is 0 Å². The van der Waals surface area contributed by atoms with Gasteiger partial charge >= 0.3 is 0 Å². The predicted molar refractivity (Wildman–Crippen MR) is 134 cm³/mol. The highest BCUT2D eigenvalue weighted by Crippen LogP contribution is 2.30. The Morgan fingerprint density at radius 3 is 2.34 bits per heavy atom. The highest BCUT2D eigenvalue weighted by Gasteiger charge is 2.31. The number of aromatic nitrogens is 4. The van der Waals surface area contributed by atoms with E-state index in [1.165, 1.54) is 24.3 Å². The second-order valence-electron chi connectivity index (χ2n) is 7.91. The number of H-pyrrole nitrogens is 1. The predicted octanol–water partition coefficient (Wildman–Crippen LogP) is 4.13. The molecule has 0 fully saturated rings. The first-order valence-corrected chi connectivity index (χ1v) is 12.5. The number of sulfonamides is 1. The van der Waals surface area contributed by atoms with Crippen LogP contribution in [0.4, 0.5) is 0 Å². The Kier molecular flexibility index (Phi) is 6.14. The quantitative estimate of drug-likeness (QED) is 0.322. The zero-order valence-corrected chi connectivity index (χ0v) is 20.1. The topological polar surface area (TPSA) is 117 Å². The van der Waals surface area contributed by atoms with Gasteiger partial charge < -0.3 is 0 Å². The summed E-state index contributed by atoms with van der Waals surface area (Å²) in [7, 11) is -3.91. The number of halogens is 1. The molecule has 1 aromatic heterocycles. The largest absolute Gasteiger partial charge is 0.283 e. The second-order valence-corrected chi connectivity index (χ2v) is 9.95. The van der Waals surface area contributed by atoms with Gasteiger partial charge in [-0.05, 0) is 47.5 Å². The summed E-state index contributed by atoms with van der Waals surface area (Å²) < 4.78 is 29.7. The molecule has 0 spiro atoms. The summed E-state index contributed by atoms with van der Waals surface area (Å²) >= 11 is 5.89. The molecular formula is C24H20ClN7O2S. The number of hydrazone groups is 1. The molecule has 1 unspecified atom stereocenters. The maximum Gasteiger partial charge on any atom is 0.283 e. The second kappa shape index (κ2) is 9.40. The number of nitrogens with one attached hydrogen (secondary N) is 1. The third-order valence-electron chi connectivity index (χ3n) is 5.64. The van der Waals surface area contributed by atoms with Crippen molar-refractivity contribution in [3.8, 4) is 11.4 Å². The molecule has 9 nitrogen and oxygen atoms in total. The Bertz CT molecular complexity index is 1490. The van der Waals surface area contributed by atoms with E-state index in [-0.39, 0.29) is 16.6 Å². The van der Waals surface area contributed by atoms with Crippen molar-refractivity contribution < 1.29 is 8.42 Å². The number of hydrogen-bond donors (Lipinski definition) is 1. The fraction of sp³-hybridized carbons (Fsp3) is 0.125. The minimum atomic E-state index is -3.91. The van der Waals surface area contributed by atoms with Crippen LogP contribution in [0.1, 0.15) is 24.0 Å². The van der Waals surface area contributed by atoms with Crippen LogP contribution in [0.25, 0.3) is 11.4 Å². The van der Waals surface area contributed by atoms with Crippen molar-refractivity contribution in [2.45, 2.75) is 17.7 Å². The molecule has 0 saturated carbocycles. The number of tetrazole rings is 1. The fourth-order valence-corrected chi connectivity index (χ4v) is 5.02. The Labute approximate surface area is 207 Å². The van der Waals surface area contributed by atoms with Gasteiger partial charge in [0.25, 0.3) is 10.0 Å². The van der Waals surface area contributed by atoms with Crippen molar-refractivity contribution in [1.82, 2.24) is 25.6 Å². The molecule has 176 valence electrons. The van der Waals surface area contributed by atoms with E-state index in [0.717, 1.165) is 22.4 Å². The molecule has 1 aliphatic heterocycles. The molecule has 0 amide bonds. The molecule has 2 heterocycles. The zero-order valence-electron chi connectivity index (χ0n) is 18.6. The van der Waals surface area contributed by atoms with Crippen molar-refractivity contribution in [3.63, 3.8) is 0 Å². The number of aromatic amines is 1. The van der Waals surface area contributed by atoms with Crippen LogP contribution < -0.4 is 0 Å². The standard InChI is InChI=1S/C24H20ClN7O2S/c1-16(29-35(33,34)21-13-11-20(25)12-14-21)32-15-22(17-5-3-2-4-6-17)23(28-32)18-7-9-19(10-8-18)24-26-30-31-27-24/h2-14,22H,15H2,1H3,(H,26,27,30,31)/b29-16+. The average Bonchev–Trinajstić information content (AvgIpc) is 3.56. The van der Waals surface area contributed by atoms with Crippen LogP contribution in [-0.2, 0) is 10.0 Å². The Morgan fingerprint density at radius 2 is 1.69 bits per heavy atom. The van der Waals surface area contributed by atoms with E-state index in [2.05, 4.69) is 25.0 Å². The summed E-state index contributed by atoms with van der Waals surface area (Å²) in [6, 6.07) is 23.6. The molecule has 0 saturated heterocycles. The number of rotatable bonds is 5. The minimum absolute atomic E-state index is 0.0707. The van der Waals surface area contributed by atoms with Gasteiger partial charge in [-0.2, -0.15) is 18.7 Å². The van der Waals surface area contributed by atoms with Gasteiger partial charge in [0.05, 0.1) is 17.2 Å². The number of nitrogens with zero attached hydrogens (tertiary/aromatic N) is 6. The summed E-state index contributed by atoms with van der Waals surface area (Å²) in [6.45, 7) is 2.10. The minimum Gasteiger partial charge on any atom is -0.250 e. The van der Waals surface area contributed by atoms with Gasteiger partial charge in [0.2, 0.25) is 5.82 Å². The molecular weight excluding hydrogens is 486 g/mol. The number of amidine groups is 1. The van der Waals surface area contributed by atoms with Gasteiger partial charge in [-0.25, -0.2) is 5.01 Å². The lowest BCUT2D eigenvalue weighted by Gasteiger charge is -2.16. The SMILES string of the molecule is C/C(=N\S(=O)(=O)c1ccc(Cl)cc1)N1CC(c2ccccc2)C(c2ccc(-c3nn[nH]n3)cc2)=N1. The number of hydrogen-bond acceptors (Lipinski definition) is 6. The Hall–Kier alpha value is -3.89. The van der Waals surface area contributed by atoms with Crippen molar-refractivity contribution in [3.05, 3.63) is 95.0 Å². The maximum absolute atomic E-state index is 12.8. The molecule has 5 rings (SSSR count). The molecule has 35 heavy (non-hydrogen) atoms. The summed E-state index contributed by atoms with van der Waals surface area (Å²) in [4.78, 5) is 0.0707. The first kappa shape index (κ1) is 22.9. The van der Waals surface area contributed by atoms with Gasteiger partial charge in [0, 0.05) is 16.5 Å². The molecule has 4 aromatic rings. The van der Waals surface area contributed by atoms with Gasteiger partial charge in [-0.1, -0.05) is 66.2 Å². The summed E-state index contributed by atoms with van der Waals surface area (Å²) in [6.07, 6.45) is 0. The summed E-state index contributed by atoms with van der Waals surface area (Å²) in [5.74, 6) is 0.705. The van der Waals surface area contributed by atoms with Crippen LogP contribution in [0.15, 0.2) is 93.3 Å². The lowest BCUT2D eigenvalue weighted by molar-refractivity contribution is 0.472. The van der Waals surface area contributed by atoms with E-state index >= 15 is 0 Å². The first-order valence-electron chi connectivity index (χ1n) is 10.7. The zero-order chi connectivity index (χ0) is 24.4. The Balaban J connectivity index is 1.49. The fourth-order valence-electron chi connectivity index (χ4n) is 3.87. The van der Waals surface area contributed by atoms with E-state index in [9.17, 15) is 8.42 Å². The monoisotopic (exact) mass is 505 g/mol. The highest BCUT2D eigenvalue weighted by atomic mass is 35.5. The van der Waals surface area contributed by atoms with Crippen LogP contribution in [0.2, 0.25) is 5.02 Å². The summed E-state index contributed by atoms with van der Waals surface area (Å²) in [5, 5.41) is 20.9. The number of benzene rings is 3. The third kappa shape index (κ3) is 4.84. The van der Waals surface area contributed by atoms with Crippen molar-refractivity contribution in [2.75, 3.05) is 6.54 Å². The van der Waals surface area contributed by atoms with E-state index in [1.54, 1.807) is 11.9 Å². The maximum atomic E-state index is 12.8. The smallest absolute Gasteiger partial charge is 0.250 e.